The zero-order valence-corrected chi connectivity index (χ0v) is 17.1. The average Bonchev–Trinajstić information content (AvgIpc) is 2.96. The van der Waals surface area contributed by atoms with Gasteiger partial charge in [0.25, 0.3) is 0 Å². The van der Waals surface area contributed by atoms with Gasteiger partial charge in [-0.25, -0.2) is 0 Å². The third kappa shape index (κ3) is 4.39. The highest BCUT2D eigenvalue weighted by Crippen LogP contribution is 2.28. The topological polar surface area (TPSA) is 65.7 Å². The number of aryl methyl sites for hydroxylation is 1. The van der Waals surface area contributed by atoms with Crippen LogP contribution in [0.15, 0.2) is 6.07 Å². The molecule has 0 radical (unpaired) electrons. The molecule has 7 heteroatoms. The molecule has 0 atom stereocenters. The molecule has 0 aliphatic carbocycles. The highest BCUT2D eigenvalue weighted by molar-refractivity contribution is 7.06. The summed E-state index contributed by atoms with van der Waals surface area (Å²) in [5, 5.41) is 13.5. The zero-order chi connectivity index (χ0) is 18.8. The minimum atomic E-state index is -0.575. The number of aromatic nitrogens is 1. The SMILES string of the molecule is COC1CCN(C(C)(C)C(=O)Nc2cc(C(C)(C)CO)[n+](C)s2)CC1. The van der Waals surface area contributed by atoms with Crippen molar-refractivity contribution >= 4 is 22.4 Å². The van der Waals surface area contributed by atoms with Gasteiger partial charge in [0.05, 0.1) is 23.7 Å². The maximum atomic E-state index is 12.9. The second kappa shape index (κ2) is 7.70. The summed E-state index contributed by atoms with van der Waals surface area (Å²) in [5.41, 5.74) is 0.0914. The Morgan fingerprint density at radius 1 is 1.40 bits per heavy atom. The van der Waals surface area contributed by atoms with Crippen LogP contribution in [0.1, 0.15) is 46.2 Å². The van der Waals surface area contributed by atoms with Gasteiger partial charge in [0.15, 0.2) is 23.6 Å². The Balaban J connectivity index is 2.07. The molecule has 0 unspecified atom stereocenters. The molecule has 6 nitrogen and oxygen atoms in total. The molecule has 1 aliphatic rings. The molecule has 1 amide bonds. The van der Waals surface area contributed by atoms with Gasteiger partial charge in [0.1, 0.15) is 0 Å². The van der Waals surface area contributed by atoms with Gasteiger partial charge in [-0.1, -0.05) is 0 Å². The van der Waals surface area contributed by atoms with Crippen molar-refractivity contribution in [3.8, 4) is 0 Å². The van der Waals surface area contributed by atoms with E-state index in [1.807, 2.05) is 44.8 Å². The van der Waals surface area contributed by atoms with Gasteiger partial charge in [-0.3, -0.25) is 9.69 Å². The summed E-state index contributed by atoms with van der Waals surface area (Å²) in [6.45, 7) is 9.71. The average molecular weight is 371 g/mol. The quantitative estimate of drug-likeness (QED) is 0.748. The number of aliphatic hydroxyl groups is 1. The van der Waals surface area contributed by atoms with Crippen LogP contribution in [0.5, 0.6) is 0 Å². The first-order valence-corrected chi connectivity index (χ1v) is 9.60. The molecule has 1 saturated heterocycles. The van der Waals surface area contributed by atoms with E-state index >= 15 is 0 Å². The van der Waals surface area contributed by atoms with Crippen LogP contribution in [0, 0.1) is 0 Å². The van der Waals surface area contributed by atoms with Crippen molar-refractivity contribution in [2.24, 2.45) is 7.05 Å². The summed E-state index contributed by atoms with van der Waals surface area (Å²) >= 11 is 1.49. The summed E-state index contributed by atoms with van der Waals surface area (Å²) in [6, 6.07) is 1.96. The van der Waals surface area contributed by atoms with Gasteiger partial charge in [-0.2, -0.15) is 0 Å². The van der Waals surface area contributed by atoms with Gasteiger partial charge >= 0.3 is 0 Å². The van der Waals surface area contributed by atoms with E-state index in [4.69, 9.17) is 4.74 Å². The molecule has 1 aromatic heterocycles. The van der Waals surface area contributed by atoms with E-state index < -0.39 is 5.54 Å². The molecule has 2 rings (SSSR count). The lowest BCUT2D eigenvalue weighted by Gasteiger charge is -2.41. The molecule has 1 fully saturated rings. The molecular weight excluding hydrogens is 338 g/mol. The smallest absolute Gasteiger partial charge is 0.245 e. The fourth-order valence-electron chi connectivity index (χ4n) is 3.26. The summed E-state index contributed by atoms with van der Waals surface area (Å²) in [5.74, 6) is -0.00132. The minimum Gasteiger partial charge on any atom is -0.395 e. The van der Waals surface area contributed by atoms with Gasteiger partial charge < -0.3 is 15.2 Å². The first-order valence-electron chi connectivity index (χ1n) is 8.83. The Kier molecular flexibility index (Phi) is 6.25. The maximum Gasteiger partial charge on any atom is 0.245 e. The van der Waals surface area contributed by atoms with Gasteiger partial charge in [0.2, 0.25) is 11.6 Å². The van der Waals surface area contributed by atoms with Crippen molar-refractivity contribution in [1.82, 2.24) is 4.90 Å². The highest BCUT2D eigenvalue weighted by atomic mass is 32.1. The molecule has 0 saturated carbocycles. The third-order valence-electron chi connectivity index (χ3n) is 5.29. The molecule has 1 aliphatic heterocycles. The molecule has 25 heavy (non-hydrogen) atoms. The number of ether oxygens (including phenoxy) is 1. The summed E-state index contributed by atoms with van der Waals surface area (Å²) < 4.78 is 7.42. The first-order chi connectivity index (χ1) is 11.6. The van der Waals surface area contributed by atoms with Crippen molar-refractivity contribution in [1.29, 1.82) is 0 Å². The second-order valence-corrected chi connectivity index (χ2v) is 9.13. The van der Waals surface area contributed by atoms with Crippen LogP contribution in [-0.4, -0.2) is 54.4 Å². The number of rotatable bonds is 6. The van der Waals surface area contributed by atoms with Crippen LogP contribution in [-0.2, 0) is 22.0 Å². The number of nitrogens with one attached hydrogen (secondary N) is 1. The lowest BCUT2D eigenvalue weighted by atomic mass is 9.90. The predicted octanol–water partition coefficient (Wildman–Crippen LogP) is 1.67. The Labute approximate surface area is 154 Å². The predicted molar refractivity (Wildman–Crippen MR) is 99.9 cm³/mol. The number of hydrogen-bond donors (Lipinski definition) is 2. The molecule has 0 spiro atoms. The van der Waals surface area contributed by atoms with Crippen LogP contribution < -0.4 is 9.27 Å². The van der Waals surface area contributed by atoms with Gasteiger partial charge in [-0.05, 0) is 40.5 Å². The molecule has 2 N–H and O–H groups in total. The van der Waals surface area contributed by atoms with Crippen LogP contribution in [0.25, 0.3) is 0 Å². The van der Waals surface area contributed by atoms with Crippen molar-refractivity contribution < 1.29 is 18.6 Å². The first kappa shape index (κ1) is 20.3. The number of carbonyl (C=O) groups is 1. The fourth-order valence-corrected chi connectivity index (χ4v) is 4.25. The largest absolute Gasteiger partial charge is 0.395 e. The Morgan fingerprint density at radius 2 is 2.00 bits per heavy atom. The Morgan fingerprint density at radius 3 is 2.52 bits per heavy atom. The normalized spacial score (nSPS) is 17.7. The molecule has 0 bridgehead atoms. The van der Waals surface area contributed by atoms with Gasteiger partial charge in [0, 0.05) is 26.3 Å². The minimum absolute atomic E-state index is 0.00132. The van der Waals surface area contributed by atoms with Crippen LogP contribution >= 0.6 is 11.5 Å². The van der Waals surface area contributed by atoms with Crippen molar-refractivity contribution in [2.75, 3.05) is 32.1 Å². The lowest BCUT2D eigenvalue weighted by molar-refractivity contribution is -0.613. The number of carbonyl (C=O) groups excluding carboxylic acids is 1. The standard InChI is InChI=1S/C18H31N3O3S/c1-17(2,12-22)14-11-15(25-20(14)5)19-16(23)18(3,4)21-9-7-13(24-6)8-10-21/h11,13,22H,7-10,12H2,1-6H3/p+1. The van der Waals surface area contributed by atoms with E-state index in [-0.39, 0.29) is 17.9 Å². The number of anilines is 1. The van der Waals surface area contributed by atoms with Crippen molar-refractivity contribution in [2.45, 2.75) is 57.6 Å². The van der Waals surface area contributed by atoms with E-state index in [1.54, 1.807) is 7.11 Å². The molecule has 0 aromatic carbocycles. The summed E-state index contributed by atoms with van der Waals surface area (Å²) in [4.78, 5) is 15.1. The molecular formula is C18H32N3O3S+. The number of methoxy groups -OCH3 is 1. The molecule has 2 heterocycles. The Hall–Kier alpha value is -1.02. The fraction of sp³-hybridized carbons (Fsp3) is 0.778. The number of nitrogens with zero attached hydrogens (tertiary/aromatic N) is 2. The molecule has 1 aromatic rings. The Bertz CT molecular complexity index is 605. The lowest BCUT2D eigenvalue weighted by Crippen LogP contribution is -2.55. The second-order valence-electron chi connectivity index (χ2n) is 7.96. The van der Waals surface area contributed by atoms with Crippen molar-refractivity contribution in [3.05, 3.63) is 11.8 Å². The van der Waals surface area contributed by atoms with Crippen LogP contribution in [0.3, 0.4) is 0 Å². The summed E-state index contributed by atoms with van der Waals surface area (Å²) in [6.07, 6.45) is 2.21. The highest BCUT2D eigenvalue weighted by Gasteiger charge is 2.38. The van der Waals surface area contributed by atoms with E-state index in [0.717, 1.165) is 36.6 Å². The number of piperidine rings is 1. The van der Waals surface area contributed by atoms with E-state index in [2.05, 4.69) is 10.2 Å². The number of amides is 1. The van der Waals surface area contributed by atoms with Crippen molar-refractivity contribution in [3.63, 3.8) is 0 Å². The number of hydrogen-bond acceptors (Lipinski definition) is 5. The number of aliphatic hydroxyl groups excluding tert-OH is 1. The summed E-state index contributed by atoms with van der Waals surface area (Å²) in [7, 11) is 3.70. The third-order valence-corrected chi connectivity index (χ3v) is 6.18. The monoisotopic (exact) mass is 370 g/mol. The van der Waals surface area contributed by atoms with Crippen LogP contribution in [0.4, 0.5) is 5.00 Å². The maximum absolute atomic E-state index is 12.9. The zero-order valence-electron chi connectivity index (χ0n) is 16.3. The van der Waals surface area contributed by atoms with E-state index in [0.29, 0.717) is 6.10 Å². The van der Waals surface area contributed by atoms with E-state index in [1.165, 1.54) is 11.5 Å². The van der Waals surface area contributed by atoms with Gasteiger partial charge in [-0.15, -0.1) is 3.96 Å². The van der Waals surface area contributed by atoms with Crippen LogP contribution in [0.2, 0.25) is 0 Å². The number of likely N-dealkylation sites (tertiary alicyclic amines) is 1. The van der Waals surface area contributed by atoms with E-state index in [9.17, 15) is 9.90 Å². The molecule has 142 valence electrons.